The molecule has 0 saturated carbocycles. The second-order valence-corrected chi connectivity index (χ2v) is 15.2. The standard InChI is InChI=1S/C21H34N2O2.C17H26ClNO.C6H15N.C4H9NO.CH4/c1-6-18(4)12-10-9-11-13-19(17-22)16-21(5,7-2)20(24)23-14-15-25-8-3;1-5-14(3)10-8-7-9-11-15(13-19)12-17(4,6-2)16(18)20;1-4-7(5-2)6-3;1-2-6-4-3-5;/h6,8-9,11,18-19H,1,3,7,10,12-16H2,2,4-5H3,(H,23,24);5,7,9,14-15H,1,6,8,10-12H2,2-4H3;4-6H2,1-3H3;2H,1,3-5H2;1H4. The lowest BCUT2D eigenvalue weighted by molar-refractivity contribution is -0.131. The van der Waals surface area contributed by atoms with Gasteiger partial charge in [0.05, 0.1) is 49.7 Å². The van der Waals surface area contributed by atoms with Gasteiger partial charge in [-0.25, -0.2) is 0 Å². The summed E-state index contributed by atoms with van der Waals surface area (Å²) >= 11 is 5.65. The van der Waals surface area contributed by atoms with Crippen molar-refractivity contribution in [3.05, 3.63) is 75.3 Å². The fraction of sp³-hybridized carbons (Fsp3) is 0.673. The minimum Gasteiger partial charge on any atom is -0.500 e. The van der Waals surface area contributed by atoms with E-state index >= 15 is 0 Å². The molecule has 340 valence electrons. The summed E-state index contributed by atoms with van der Waals surface area (Å²) in [6, 6.07) is 4.63. The van der Waals surface area contributed by atoms with Gasteiger partial charge in [-0.3, -0.25) is 9.59 Å². The lowest BCUT2D eigenvalue weighted by Crippen LogP contribution is -2.41. The second kappa shape index (κ2) is 43.9. The first-order chi connectivity index (χ1) is 27.6. The van der Waals surface area contributed by atoms with Crippen LogP contribution in [0, 0.1) is 57.2 Å². The SMILES string of the molecule is C.C=CC(C)CCC=CCC(C#N)CC(C)(CC)C(=O)Cl.C=COCCN.C=COCCNC(=O)C(C)(CC)CC(C#N)CC=CCCC(C)C=C.CCN(CC)CC. The van der Waals surface area contributed by atoms with Gasteiger partial charge >= 0.3 is 0 Å². The van der Waals surface area contributed by atoms with Gasteiger partial charge < -0.3 is 25.4 Å². The summed E-state index contributed by atoms with van der Waals surface area (Å²) in [4.78, 5) is 26.3. The van der Waals surface area contributed by atoms with E-state index < -0.39 is 10.8 Å². The molecule has 6 unspecified atom stereocenters. The van der Waals surface area contributed by atoms with Gasteiger partial charge in [-0.05, 0) is 107 Å². The van der Waals surface area contributed by atoms with E-state index in [0.717, 1.165) is 25.7 Å². The van der Waals surface area contributed by atoms with Crippen molar-refractivity contribution in [1.29, 1.82) is 10.5 Å². The number of rotatable bonds is 30. The summed E-state index contributed by atoms with van der Waals surface area (Å²) in [5, 5.41) is 21.2. The van der Waals surface area contributed by atoms with Crippen molar-refractivity contribution in [3.63, 3.8) is 0 Å². The van der Waals surface area contributed by atoms with Crippen LogP contribution in [0.15, 0.2) is 75.3 Å². The van der Waals surface area contributed by atoms with Gasteiger partial charge in [0.1, 0.15) is 6.61 Å². The molecule has 0 bridgehead atoms. The summed E-state index contributed by atoms with van der Waals surface area (Å²) in [5.41, 5.74) is 3.91. The molecule has 0 aromatic carbocycles. The van der Waals surface area contributed by atoms with Crippen molar-refractivity contribution >= 4 is 22.8 Å². The number of carbonyl (C=O) groups is 2. The molecule has 3 N–H and O–H groups in total. The first kappa shape index (κ1) is 64.5. The van der Waals surface area contributed by atoms with E-state index in [1.165, 1.54) is 32.2 Å². The van der Waals surface area contributed by atoms with E-state index in [9.17, 15) is 20.1 Å². The molecule has 0 aromatic heterocycles. The third-order valence-corrected chi connectivity index (χ3v) is 10.7. The van der Waals surface area contributed by atoms with Crippen molar-refractivity contribution in [2.24, 2.45) is 40.2 Å². The normalized spacial score (nSPS) is 14.4. The zero-order valence-corrected chi connectivity index (χ0v) is 39.0. The van der Waals surface area contributed by atoms with E-state index in [2.05, 4.69) is 106 Å². The van der Waals surface area contributed by atoms with Crippen LogP contribution >= 0.6 is 11.6 Å². The molecule has 0 rings (SSSR count). The number of hydrogen-bond acceptors (Lipinski definition) is 8. The fourth-order valence-corrected chi connectivity index (χ4v) is 5.48. The van der Waals surface area contributed by atoms with E-state index in [0.29, 0.717) is 76.7 Å². The van der Waals surface area contributed by atoms with Gasteiger partial charge in [-0.2, -0.15) is 10.5 Å². The number of carbonyl (C=O) groups excluding carboxylic acids is 2. The van der Waals surface area contributed by atoms with Crippen molar-refractivity contribution in [2.75, 3.05) is 45.9 Å². The molecule has 10 heteroatoms. The van der Waals surface area contributed by atoms with Gasteiger partial charge in [0.2, 0.25) is 11.1 Å². The average molecular weight is 847 g/mol. The number of hydrogen-bond donors (Lipinski definition) is 2. The fourth-order valence-electron chi connectivity index (χ4n) is 5.27. The van der Waals surface area contributed by atoms with Crippen LogP contribution in [-0.4, -0.2) is 62.0 Å². The molecule has 0 aromatic rings. The molecule has 0 fully saturated rings. The molecule has 0 aliphatic carbocycles. The van der Waals surface area contributed by atoms with E-state index in [-0.39, 0.29) is 30.4 Å². The molecule has 0 spiro atoms. The Labute approximate surface area is 368 Å². The number of ether oxygens (including phenoxy) is 2. The molecule has 1 amide bonds. The molecule has 0 heterocycles. The third kappa shape index (κ3) is 37.1. The Morgan fingerprint density at radius 2 is 1.17 bits per heavy atom. The topological polar surface area (TPSA) is 141 Å². The van der Waals surface area contributed by atoms with Crippen LogP contribution in [0.5, 0.6) is 0 Å². The number of nitrogens with zero attached hydrogens (tertiary/aromatic N) is 3. The molecular formula is C49H88ClN5O4. The van der Waals surface area contributed by atoms with Crippen molar-refractivity contribution in [3.8, 4) is 12.1 Å². The quantitative estimate of drug-likeness (QED) is 0.0315. The Balaban J connectivity index is -0.000000253. The van der Waals surface area contributed by atoms with Gasteiger partial charge in [0.25, 0.3) is 0 Å². The van der Waals surface area contributed by atoms with Crippen LogP contribution in [0.1, 0.15) is 134 Å². The van der Waals surface area contributed by atoms with E-state index in [1.54, 1.807) is 0 Å². The maximum absolute atomic E-state index is 12.5. The van der Waals surface area contributed by atoms with E-state index in [4.69, 9.17) is 22.1 Å². The zero-order valence-electron chi connectivity index (χ0n) is 38.2. The number of halogens is 1. The smallest absolute Gasteiger partial charge is 0.227 e. The Kier molecular flexibility index (Phi) is 48.0. The lowest BCUT2D eigenvalue weighted by Gasteiger charge is -2.28. The molecule has 0 saturated heterocycles. The first-order valence-electron chi connectivity index (χ1n) is 21.3. The Hall–Kier alpha value is -3.63. The summed E-state index contributed by atoms with van der Waals surface area (Å²) in [6.45, 7) is 38.4. The number of nitriles is 2. The molecule has 9 nitrogen and oxygen atoms in total. The average Bonchev–Trinajstić information content (AvgIpc) is 3.23. The predicted molar refractivity (Wildman–Crippen MR) is 254 cm³/mol. The highest BCUT2D eigenvalue weighted by atomic mass is 35.5. The maximum Gasteiger partial charge on any atom is 0.227 e. The van der Waals surface area contributed by atoms with Crippen LogP contribution in [-0.2, 0) is 19.1 Å². The number of allylic oxidation sites excluding steroid dienone is 6. The number of nitrogens with two attached hydrogens (primary N) is 1. The largest absolute Gasteiger partial charge is 0.500 e. The minimum atomic E-state index is -0.590. The summed E-state index contributed by atoms with van der Waals surface area (Å²) in [5.74, 6) is 0.688. The molecule has 0 aliphatic rings. The number of amides is 1. The molecule has 0 aliphatic heterocycles. The van der Waals surface area contributed by atoms with Crippen LogP contribution in [0.2, 0.25) is 0 Å². The van der Waals surface area contributed by atoms with Gasteiger partial charge in [-0.15, -0.1) is 13.2 Å². The summed E-state index contributed by atoms with van der Waals surface area (Å²) < 4.78 is 9.64. The monoisotopic (exact) mass is 846 g/mol. The lowest BCUT2D eigenvalue weighted by atomic mass is 9.77. The Bertz CT molecular complexity index is 1220. The molecule has 59 heavy (non-hydrogen) atoms. The number of nitrogens with one attached hydrogen (secondary N) is 1. The summed E-state index contributed by atoms with van der Waals surface area (Å²) in [6.07, 6.45) is 22.9. The highest BCUT2D eigenvalue weighted by Gasteiger charge is 2.34. The van der Waals surface area contributed by atoms with E-state index in [1.807, 2.05) is 45.9 Å². The molecular weight excluding hydrogens is 758 g/mol. The van der Waals surface area contributed by atoms with Gasteiger partial charge in [0, 0.05) is 17.4 Å². The highest BCUT2D eigenvalue weighted by molar-refractivity contribution is 6.64. The second-order valence-electron chi connectivity index (χ2n) is 14.9. The minimum absolute atomic E-state index is 0. The Morgan fingerprint density at radius 3 is 1.46 bits per heavy atom. The summed E-state index contributed by atoms with van der Waals surface area (Å²) in [7, 11) is 0. The maximum atomic E-state index is 12.5. The van der Waals surface area contributed by atoms with Crippen molar-refractivity contribution in [2.45, 2.75) is 134 Å². The van der Waals surface area contributed by atoms with Crippen LogP contribution in [0.25, 0.3) is 0 Å². The molecule has 6 atom stereocenters. The van der Waals surface area contributed by atoms with Crippen molar-refractivity contribution < 1.29 is 19.1 Å². The highest BCUT2D eigenvalue weighted by Crippen LogP contribution is 2.34. The Morgan fingerprint density at radius 1 is 0.763 bits per heavy atom. The third-order valence-electron chi connectivity index (χ3n) is 10.2. The van der Waals surface area contributed by atoms with Gasteiger partial charge in [0.15, 0.2) is 0 Å². The zero-order chi connectivity index (χ0) is 45.3. The first-order valence-corrected chi connectivity index (χ1v) is 21.7. The van der Waals surface area contributed by atoms with Crippen molar-refractivity contribution in [1.82, 2.24) is 10.2 Å². The molecule has 0 radical (unpaired) electrons. The van der Waals surface area contributed by atoms with Crippen LogP contribution < -0.4 is 11.1 Å². The van der Waals surface area contributed by atoms with Gasteiger partial charge in [-0.1, -0.05) is 119 Å². The van der Waals surface area contributed by atoms with Crippen LogP contribution in [0.4, 0.5) is 0 Å². The predicted octanol–water partition coefficient (Wildman–Crippen LogP) is 12.1. The van der Waals surface area contributed by atoms with Crippen LogP contribution in [0.3, 0.4) is 0 Å².